The Balaban J connectivity index is 3.91. The maximum absolute atomic E-state index is 11.7. The van der Waals surface area contributed by atoms with Gasteiger partial charge in [0.2, 0.25) is 0 Å². The minimum atomic E-state index is -0.248. The molecule has 3 heteroatoms. The van der Waals surface area contributed by atoms with Crippen LogP contribution in [-0.2, 0) is 4.79 Å². The summed E-state index contributed by atoms with van der Waals surface area (Å²) < 4.78 is 0. The molecule has 0 unspecified atom stereocenters. The van der Waals surface area contributed by atoms with Gasteiger partial charge in [-0.25, -0.2) is 0 Å². The molecule has 0 aliphatic carbocycles. The maximum atomic E-state index is 11.7. The second-order valence-electron chi connectivity index (χ2n) is 4.92. The summed E-state index contributed by atoms with van der Waals surface area (Å²) in [4.78, 5) is 16.0. The van der Waals surface area contributed by atoms with E-state index < -0.39 is 0 Å². The average molecular weight is 212 g/mol. The summed E-state index contributed by atoms with van der Waals surface area (Å²) in [6, 6.07) is 0. The molecule has 0 aromatic carbocycles. The number of rotatable bonds is 6. The molecular weight excluding hydrogens is 188 g/mol. The van der Waals surface area contributed by atoms with E-state index in [0.29, 0.717) is 6.42 Å². The van der Waals surface area contributed by atoms with E-state index in [1.54, 1.807) is 0 Å². The lowest BCUT2D eigenvalue weighted by atomic mass is 9.88. The molecule has 0 aromatic heterocycles. The topological polar surface area (TPSA) is 41.5 Å². The smallest absolute Gasteiger partial charge is 0.143 e. The quantitative estimate of drug-likeness (QED) is 0.541. The van der Waals surface area contributed by atoms with E-state index >= 15 is 0 Å². The van der Waals surface area contributed by atoms with Crippen molar-refractivity contribution in [3.63, 3.8) is 0 Å². The van der Waals surface area contributed by atoms with Crippen molar-refractivity contribution in [3.8, 4) is 0 Å². The summed E-state index contributed by atoms with van der Waals surface area (Å²) in [5, 5.41) is 3.07. The van der Waals surface area contributed by atoms with Gasteiger partial charge < -0.3 is 5.32 Å². The highest BCUT2D eigenvalue weighted by atomic mass is 16.1. The van der Waals surface area contributed by atoms with Crippen molar-refractivity contribution in [1.29, 1.82) is 0 Å². The van der Waals surface area contributed by atoms with E-state index in [-0.39, 0.29) is 11.2 Å². The molecule has 0 saturated carbocycles. The number of aliphatic imine (C=N–C) groups is 1. The van der Waals surface area contributed by atoms with E-state index in [9.17, 15) is 4.79 Å². The summed E-state index contributed by atoms with van der Waals surface area (Å²) in [7, 11) is 1.93. The van der Waals surface area contributed by atoms with E-state index in [2.05, 4.69) is 10.3 Å². The van der Waals surface area contributed by atoms with Gasteiger partial charge in [0.1, 0.15) is 5.78 Å². The van der Waals surface area contributed by atoms with Gasteiger partial charge in [-0.2, -0.15) is 0 Å². The Hall–Kier alpha value is -0.700. The third kappa shape index (κ3) is 7.25. The van der Waals surface area contributed by atoms with Crippen LogP contribution in [0.5, 0.6) is 0 Å². The molecule has 0 heterocycles. The zero-order valence-corrected chi connectivity index (χ0v) is 10.7. The second-order valence-corrected chi connectivity index (χ2v) is 4.92. The molecule has 0 saturated heterocycles. The van der Waals surface area contributed by atoms with Gasteiger partial charge >= 0.3 is 0 Å². The molecule has 88 valence electrons. The van der Waals surface area contributed by atoms with Gasteiger partial charge in [0.05, 0.1) is 0 Å². The molecule has 0 aliphatic rings. The van der Waals surface area contributed by atoms with Gasteiger partial charge in [0.25, 0.3) is 0 Å². The molecule has 3 nitrogen and oxygen atoms in total. The predicted octanol–water partition coefficient (Wildman–Crippen LogP) is 2.06. The van der Waals surface area contributed by atoms with Gasteiger partial charge in [0, 0.05) is 24.1 Å². The molecule has 15 heavy (non-hydrogen) atoms. The van der Waals surface area contributed by atoms with E-state index in [0.717, 1.165) is 25.2 Å². The first-order valence-corrected chi connectivity index (χ1v) is 5.55. The number of nitrogens with zero attached hydrogens (tertiary/aromatic N) is 1. The summed E-state index contributed by atoms with van der Waals surface area (Å²) in [6.45, 7) is 9.56. The first kappa shape index (κ1) is 14.3. The van der Waals surface area contributed by atoms with Crippen molar-refractivity contribution in [2.45, 2.75) is 40.5 Å². The summed E-state index contributed by atoms with van der Waals surface area (Å²) in [6.07, 6.45) is 1.51. The number of hydrogen-bond donors (Lipinski definition) is 1. The summed E-state index contributed by atoms with van der Waals surface area (Å²) in [5.74, 6) is 0.261. The third-order valence-corrected chi connectivity index (χ3v) is 2.22. The Bertz CT molecular complexity index is 226. The predicted molar refractivity (Wildman–Crippen MR) is 65.6 cm³/mol. The number of carbonyl (C=O) groups is 1. The molecule has 0 aromatic rings. The number of carbonyl (C=O) groups excluding carboxylic acids is 1. The fourth-order valence-corrected chi connectivity index (χ4v) is 1.08. The molecule has 0 aliphatic heterocycles. The normalized spacial score (nSPS) is 13.0. The monoisotopic (exact) mass is 212 g/mol. The molecule has 1 N–H and O–H groups in total. The highest BCUT2D eigenvalue weighted by Gasteiger charge is 2.21. The van der Waals surface area contributed by atoms with Gasteiger partial charge in [-0.3, -0.25) is 9.79 Å². The number of nitrogens with one attached hydrogen (secondary N) is 1. The maximum Gasteiger partial charge on any atom is 0.143 e. The van der Waals surface area contributed by atoms with Crippen molar-refractivity contribution in [3.05, 3.63) is 0 Å². The molecular formula is C12H24N2O. The van der Waals surface area contributed by atoms with Crippen molar-refractivity contribution in [2.24, 2.45) is 10.4 Å². The Labute approximate surface area is 93.4 Å². The highest BCUT2D eigenvalue weighted by molar-refractivity contribution is 6.02. The van der Waals surface area contributed by atoms with Gasteiger partial charge in [-0.15, -0.1) is 0 Å². The van der Waals surface area contributed by atoms with Crippen LogP contribution < -0.4 is 5.32 Å². The fourth-order valence-electron chi connectivity index (χ4n) is 1.08. The minimum Gasteiger partial charge on any atom is -0.320 e. The zero-order valence-electron chi connectivity index (χ0n) is 10.7. The van der Waals surface area contributed by atoms with Crippen molar-refractivity contribution >= 4 is 11.5 Å². The van der Waals surface area contributed by atoms with Crippen LogP contribution in [0, 0.1) is 5.41 Å². The van der Waals surface area contributed by atoms with Crippen molar-refractivity contribution in [1.82, 2.24) is 5.32 Å². The first-order valence-electron chi connectivity index (χ1n) is 5.55. The Morgan fingerprint density at radius 2 is 1.93 bits per heavy atom. The van der Waals surface area contributed by atoms with E-state index in [4.69, 9.17) is 0 Å². The lowest BCUT2D eigenvalue weighted by molar-refractivity contribution is -0.125. The van der Waals surface area contributed by atoms with Crippen molar-refractivity contribution < 1.29 is 4.79 Å². The van der Waals surface area contributed by atoms with Gasteiger partial charge in [0.15, 0.2) is 0 Å². The van der Waals surface area contributed by atoms with Crippen molar-refractivity contribution in [2.75, 3.05) is 20.1 Å². The molecule has 0 fully saturated rings. The average Bonchev–Trinajstić information content (AvgIpc) is 2.11. The number of Topliss-reactive ketones (excluding diaryl/α,β-unsaturated/α-hetero) is 1. The second kappa shape index (κ2) is 6.72. The van der Waals surface area contributed by atoms with Crippen LogP contribution in [0.15, 0.2) is 4.99 Å². The third-order valence-electron chi connectivity index (χ3n) is 2.22. The largest absolute Gasteiger partial charge is 0.320 e. The Morgan fingerprint density at radius 1 is 1.33 bits per heavy atom. The van der Waals surface area contributed by atoms with Gasteiger partial charge in [-0.05, 0) is 26.9 Å². The Kier molecular flexibility index (Phi) is 6.41. The first-order chi connectivity index (χ1) is 6.88. The number of hydrogen-bond acceptors (Lipinski definition) is 3. The van der Waals surface area contributed by atoms with Crippen LogP contribution in [0.1, 0.15) is 40.5 Å². The molecule has 0 atom stereocenters. The standard InChI is InChI=1S/C12H24N2O/c1-10(14-8-6-7-13-5)9-11(15)12(2,3)4/h13H,6-9H2,1-5H3. The molecule has 0 radical (unpaired) electrons. The summed E-state index contributed by atoms with van der Waals surface area (Å²) >= 11 is 0. The molecule has 0 amide bonds. The van der Waals surface area contributed by atoms with Crippen LogP contribution >= 0.6 is 0 Å². The molecule has 0 spiro atoms. The van der Waals surface area contributed by atoms with E-state index in [1.807, 2.05) is 34.7 Å². The number of ketones is 1. The van der Waals surface area contributed by atoms with Crippen LogP contribution in [0.4, 0.5) is 0 Å². The van der Waals surface area contributed by atoms with E-state index in [1.165, 1.54) is 0 Å². The molecule has 0 rings (SSSR count). The van der Waals surface area contributed by atoms with Crippen LogP contribution in [0.3, 0.4) is 0 Å². The van der Waals surface area contributed by atoms with Crippen LogP contribution in [-0.4, -0.2) is 31.6 Å². The van der Waals surface area contributed by atoms with Gasteiger partial charge in [-0.1, -0.05) is 20.8 Å². The van der Waals surface area contributed by atoms with Crippen LogP contribution in [0.25, 0.3) is 0 Å². The lowest BCUT2D eigenvalue weighted by Gasteiger charge is -2.16. The fraction of sp³-hybridized carbons (Fsp3) is 0.833. The SMILES string of the molecule is CNCCCN=C(C)CC(=O)C(C)(C)C. The molecule has 0 bridgehead atoms. The summed E-state index contributed by atoms with van der Waals surface area (Å²) in [5.41, 5.74) is 0.702. The zero-order chi connectivity index (χ0) is 11.9. The minimum absolute atomic E-state index is 0.248. The lowest BCUT2D eigenvalue weighted by Crippen LogP contribution is -2.22. The van der Waals surface area contributed by atoms with Crippen LogP contribution in [0.2, 0.25) is 0 Å². The highest BCUT2D eigenvalue weighted by Crippen LogP contribution is 2.16. The Morgan fingerprint density at radius 3 is 2.40 bits per heavy atom.